The fourth-order valence-corrected chi connectivity index (χ4v) is 12.2. The van der Waals surface area contributed by atoms with Crippen LogP contribution in [0.3, 0.4) is 0 Å². The van der Waals surface area contributed by atoms with E-state index in [1.807, 2.05) is 23.5 Å². The topological polar surface area (TPSA) is 13.0 Å². The minimum absolute atomic E-state index is 0.473. The summed E-state index contributed by atoms with van der Waals surface area (Å²) in [5.74, 6) is 14.8. The number of thioether (sulfide) groups is 2. The van der Waals surface area contributed by atoms with Crippen LogP contribution in [-0.4, -0.2) is 97.6 Å². The van der Waals surface area contributed by atoms with Crippen LogP contribution in [0.25, 0.3) is 0 Å². The lowest BCUT2D eigenvalue weighted by atomic mass is 9.81. The van der Waals surface area contributed by atoms with Crippen molar-refractivity contribution in [1.82, 2.24) is 19.6 Å². The molecule has 0 radical (unpaired) electrons. The predicted octanol–water partition coefficient (Wildman–Crippen LogP) is 11.8. The fraction of sp³-hybridized carbons (Fsp3) is 0.500. The third-order valence-corrected chi connectivity index (χ3v) is 16.2. The molecule has 0 N–H and O–H groups in total. The molecule has 6 heteroatoms. The van der Waals surface area contributed by atoms with Crippen molar-refractivity contribution in [3.05, 3.63) is 129 Å². The van der Waals surface area contributed by atoms with Gasteiger partial charge in [-0.25, -0.2) is 0 Å². The molecule has 6 aliphatic heterocycles. The van der Waals surface area contributed by atoms with Gasteiger partial charge in [-0.05, 0) is 185 Å². The lowest BCUT2D eigenvalue weighted by Gasteiger charge is -2.37. The summed E-state index contributed by atoms with van der Waals surface area (Å²) in [6, 6.07) is 33.8. The Bertz CT molecular complexity index is 2060. The lowest BCUT2D eigenvalue weighted by molar-refractivity contribution is 0.230. The van der Waals surface area contributed by atoms with Crippen LogP contribution in [0.15, 0.2) is 94.7 Å². The second-order valence-corrected chi connectivity index (χ2v) is 20.3. The van der Waals surface area contributed by atoms with E-state index in [0.717, 1.165) is 39.0 Å². The number of piperidine rings is 2. The number of likely N-dealkylation sites (tertiary alicyclic amines) is 2. The average molecular weight is 861 g/mol. The number of nitrogens with zero attached hydrogens (tertiary/aromatic N) is 4. The maximum Gasteiger partial charge on any atom is 0.0352 e. The molecule has 4 atom stereocenters. The fourth-order valence-electron chi connectivity index (χ4n) is 11.3. The summed E-state index contributed by atoms with van der Waals surface area (Å²) in [7, 11) is 0. The van der Waals surface area contributed by atoms with Gasteiger partial charge in [-0.15, -0.1) is 23.5 Å². The monoisotopic (exact) mass is 860 g/mol. The van der Waals surface area contributed by atoms with Crippen molar-refractivity contribution in [2.24, 2.45) is 0 Å². The minimum atomic E-state index is 0.473. The zero-order valence-electron chi connectivity index (χ0n) is 37.6. The predicted molar refractivity (Wildman–Crippen MR) is 264 cm³/mol. The Morgan fingerprint density at radius 1 is 0.468 bits per heavy atom. The number of fused-ring (bicyclic) bond motifs is 6. The van der Waals surface area contributed by atoms with Crippen LogP contribution in [0.5, 0.6) is 0 Å². The molecule has 4 aromatic carbocycles. The summed E-state index contributed by atoms with van der Waals surface area (Å²) in [5.41, 5.74) is 11.4. The highest BCUT2D eigenvalue weighted by Crippen LogP contribution is 2.46. The van der Waals surface area contributed by atoms with Crippen LogP contribution >= 0.6 is 23.5 Å². The van der Waals surface area contributed by atoms with Gasteiger partial charge in [0, 0.05) is 83.9 Å². The standard InChI is InChI=1S/2C28H34N2S/c2*1-31-24-13-11-23(12-14-24)27-21-30-19-7-9-28(30)26-20-22(10-15-25(26)27)8-3-6-18-29-16-4-2-5-17-29/h2*10-15,20,27-28H,2,4-7,9,16-19,21H2,1H3/t27-,28+;27-,28-/m10/s1. The van der Waals surface area contributed by atoms with Crippen molar-refractivity contribution in [3.8, 4) is 23.7 Å². The molecule has 4 saturated heterocycles. The summed E-state index contributed by atoms with van der Waals surface area (Å²) < 4.78 is 0. The van der Waals surface area contributed by atoms with Crippen LogP contribution < -0.4 is 0 Å². The zero-order valence-corrected chi connectivity index (χ0v) is 39.2. The van der Waals surface area contributed by atoms with E-state index in [-0.39, 0.29) is 0 Å². The highest BCUT2D eigenvalue weighted by Gasteiger charge is 2.38. The molecule has 0 aromatic heterocycles. The van der Waals surface area contributed by atoms with Crippen LogP contribution in [0.2, 0.25) is 0 Å². The van der Waals surface area contributed by atoms with Gasteiger partial charge in [0.1, 0.15) is 0 Å². The van der Waals surface area contributed by atoms with Crippen LogP contribution in [-0.2, 0) is 0 Å². The normalized spacial score (nSPS) is 23.6. The molecule has 0 spiro atoms. The van der Waals surface area contributed by atoms with E-state index in [0.29, 0.717) is 23.9 Å². The molecule has 4 fully saturated rings. The highest BCUT2D eigenvalue weighted by atomic mass is 32.2. The van der Waals surface area contributed by atoms with Gasteiger partial charge >= 0.3 is 0 Å². The Labute approximate surface area is 383 Å². The number of hydrogen-bond acceptors (Lipinski definition) is 6. The number of rotatable bonds is 8. The van der Waals surface area contributed by atoms with E-state index in [1.165, 1.54) is 158 Å². The summed E-state index contributed by atoms with van der Waals surface area (Å²) in [4.78, 5) is 13.3. The third kappa shape index (κ3) is 10.6. The van der Waals surface area contributed by atoms with Gasteiger partial charge in [0.15, 0.2) is 0 Å². The maximum atomic E-state index is 3.49. The molecule has 4 aromatic rings. The first kappa shape index (κ1) is 43.8. The number of hydrogen-bond donors (Lipinski definition) is 0. The molecule has 62 heavy (non-hydrogen) atoms. The molecule has 0 aliphatic carbocycles. The van der Waals surface area contributed by atoms with Gasteiger partial charge in [0.25, 0.3) is 0 Å². The summed E-state index contributed by atoms with van der Waals surface area (Å²) in [5, 5.41) is 0. The van der Waals surface area contributed by atoms with Gasteiger partial charge in [-0.2, -0.15) is 0 Å². The lowest BCUT2D eigenvalue weighted by Crippen LogP contribution is -2.34. The first-order valence-corrected chi connectivity index (χ1v) is 26.5. The summed E-state index contributed by atoms with van der Waals surface area (Å²) >= 11 is 3.63. The van der Waals surface area contributed by atoms with Gasteiger partial charge in [0.05, 0.1) is 0 Å². The Balaban J connectivity index is 0.000000158. The molecule has 0 unspecified atom stereocenters. The molecule has 0 bridgehead atoms. The van der Waals surface area contributed by atoms with E-state index in [2.05, 4.69) is 141 Å². The molecule has 10 rings (SSSR count). The molecule has 4 nitrogen and oxygen atoms in total. The van der Waals surface area contributed by atoms with Crippen molar-refractivity contribution in [1.29, 1.82) is 0 Å². The molecule has 324 valence electrons. The quantitative estimate of drug-likeness (QED) is 0.128. The SMILES string of the molecule is CSc1ccc([C@@H]2CN3CCC[C@H]3c3cc(C#CCCN4CCCCC4)ccc32)cc1.CSc1ccc([C@H]2CN3CCC[C@H]3c3cc(C#CCCN4CCCCC4)ccc32)cc1. The number of benzene rings is 4. The Kier molecular flexibility index (Phi) is 15.2. The van der Waals surface area contributed by atoms with Crippen LogP contribution in [0, 0.1) is 23.7 Å². The Morgan fingerprint density at radius 3 is 1.29 bits per heavy atom. The van der Waals surface area contributed by atoms with E-state index in [9.17, 15) is 0 Å². The second kappa shape index (κ2) is 21.5. The summed E-state index contributed by atoms with van der Waals surface area (Å²) in [6.07, 6.45) is 19.7. The van der Waals surface area contributed by atoms with Crippen molar-refractivity contribution < 1.29 is 0 Å². The third-order valence-electron chi connectivity index (χ3n) is 14.7. The largest absolute Gasteiger partial charge is 0.302 e. The summed E-state index contributed by atoms with van der Waals surface area (Å²) in [6.45, 7) is 12.1. The van der Waals surface area contributed by atoms with Gasteiger partial charge in [0.2, 0.25) is 0 Å². The first-order chi connectivity index (χ1) is 30.6. The van der Waals surface area contributed by atoms with Crippen molar-refractivity contribution in [2.45, 2.75) is 111 Å². The van der Waals surface area contributed by atoms with Gasteiger partial charge in [-0.1, -0.05) is 72.9 Å². The van der Waals surface area contributed by atoms with E-state index >= 15 is 0 Å². The minimum Gasteiger partial charge on any atom is -0.302 e. The smallest absolute Gasteiger partial charge is 0.0352 e. The van der Waals surface area contributed by atoms with Crippen LogP contribution in [0.4, 0.5) is 0 Å². The highest BCUT2D eigenvalue weighted by molar-refractivity contribution is 7.98. The van der Waals surface area contributed by atoms with Gasteiger partial charge in [-0.3, -0.25) is 9.80 Å². The van der Waals surface area contributed by atoms with E-state index < -0.39 is 0 Å². The van der Waals surface area contributed by atoms with Gasteiger partial charge < -0.3 is 9.80 Å². The molecule has 0 amide bonds. The molecular weight excluding hydrogens is 793 g/mol. The molecule has 6 heterocycles. The Hall–Kier alpha value is -3.46. The molecule has 6 aliphatic rings. The molecule has 0 saturated carbocycles. The Morgan fingerprint density at radius 2 is 0.887 bits per heavy atom. The van der Waals surface area contributed by atoms with E-state index in [4.69, 9.17) is 0 Å². The zero-order chi connectivity index (χ0) is 42.1. The first-order valence-electron chi connectivity index (χ1n) is 24.1. The average Bonchev–Trinajstić information content (AvgIpc) is 4.03. The van der Waals surface area contributed by atoms with Crippen molar-refractivity contribution in [2.75, 3.05) is 78.0 Å². The second-order valence-electron chi connectivity index (χ2n) is 18.6. The maximum absolute atomic E-state index is 3.49. The molecular formula is C56H68N4S2. The van der Waals surface area contributed by atoms with E-state index in [1.54, 1.807) is 0 Å². The van der Waals surface area contributed by atoms with Crippen LogP contribution in [0.1, 0.15) is 145 Å². The van der Waals surface area contributed by atoms with Crippen molar-refractivity contribution in [3.63, 3.8) is 0 Å². The van der Waals surface area contributed by atoms with Crippen molar-refractivity contribution >= 4 is 23.5 Å².